The lowest BCUT2D eigenvalue weighted by molar-refractivity contribution is -0.237. The molecule has 1 amide bonds. The number of carbonyl (C=O) groups excluding carboxylic acids is 1. The van der Waals surface area contributed by atoms with E-state index in [-0.39, 0.29) is 12.3 Å². The molecule has 1 spiro atoms. The van der Waals surface area contributed by atoms with Crippen molar-refractivity contribution < 1.29 is 19.4 Å². The number of likely N-dealkylation sites (tertiary alicyclic amines) is 1. The molecule has 0 saturated carbocycles. The highest BCUT2D eigenvalue weighted by Gasteiger charge is 2.57. The molecule has 0 aromatic heterocycles. The van der Waals surface area contributed by atoms with Gasteiger partial charge in [0.2, 0.25) is 5.91 Å². The summed E-state index contributed by atoms with van der Waals surface area (Å²) in [5, 5.41) is 11.9. The highest BCUT2D eigenvalue weighted by atomic mass is 16.7. The van der Waals surface area contributed by atoms with Crippen molar-refractivity contribution in [1.82, 2.24) is 4.90 Å². The Bertz CT molecular complexity index is 857. The maximum Gasteiger partial charge on any atom is 0.227 e. The van der Waals surface area contributed by atoms with E-state index in [2.05, 4.69) is 27.7 Å². The topological polar surface area (TPSA) is 59.0 Å². The highest BCUT2D eigenvalue weighted by Crippen LogP contribution is 2.48. The van der Waals surface area contributed by atoms with Crippen LogP contribution in [0.4, 0.5) is 0 Å². The first kappa shape index (κ1) is 22.0. The second-order valence-corrected chi connectivity index (χ2v) is 10.1. The molecule has 2 heterocycles. The van der Waals surface area contributed by atoms with Gasteiger partial charge in [-0.25, -0.2) is 0 Å². The molecule has 0 aliphatic carbocycles. The van der Waals surface area contributed by atoms with E-state index in [4.69, 9.17) is 9.47 Å². The van der Waals surface area contributed by atoms with Gasteiger partial charge in [0.25, 0.3) is 0 Å². The predicted octanol–water partition coefficient (Wildman–Crippen LogP) is 4.24. The van der Waals surface area contributed by atoms with Crippen molar-refractivity contribution in [3.05, 3.63) is 71.8 Å². The molecule has 2 fully saturated rings. The lowest BCUT2D eigenvalue weighted by Crippen LogP contribution is -2.67. The Morgan fingerprint density at radius 1 is 0.871 bits per heavy atom. The molecule has 4 rings (SSSR count). The van der Waals surface area contributed by atoms with Gasteiger partial charge in [-0.05, 0) is 38.8 Å². The fraction of sp³-hybridized carbons (Fsp3) is 0.500. The number of aliphatic hydroxyl groups is 1. The first-order chi connectivity index (χ1) is 14.6. The van der Waals surface area contributed by atoms with Crippen LogP contribution in [0.25, 0.3) is 0 Å². The van der Waals surface area contributed by atoms with Crippen LogP contribution >= 0.6 is 0 Å². The number of amides is 1. The minimum absolute atomic E-state index is 0.0391. The highest BCUT2D eigenvalue weighted by molar-refractivity contribution is 5.80. The molecular weight excluding hydrogens is 390 g/mol. The Kier molecular flexibility index (Phi) is 5.49. The molecule has 2 aromatic carbocycles. The largest absolute Gasteiger partial charge is 0.380 e. The van der Waals surface area contributed by atoms with Crippen molar-refractivity contribution in [1.29, 1.82) is 0 Å². The van der Waals surface area contributed by atoms with E-state index < -0.39 is 22.5 Å². The van der Waals surface area contributed by atoms with Gasteiger partial charge < -0.3 is 19.5 Å². The van der Waals surface area contributed by atoms with Crippen molar-refractivity contribution in [3.63, 3.8) is 0 Å². The monoisotopic (exact) mass is 423 g/mol. The Balaban J connectivity index is 1.69. The average molecular weight is 424 g/mol. The molecule has 0 bridgehead atoms. The second kappa shape index (κ2) is 7.73. The molecule has 0 unspecified atom stereocenters. The van der Waals surface area contributed by atoms with Crippen LogP contribution in [-0.2, 0) is 19.9 Å². The van der Waals surface area contributed by atoms with Crippen LogP contribution in [0.3, 0.4) is 0 Å². The van der Waals surface area contributed by atoms with E-state index in [1.165, 1.54) is 0 Å². The van der Waals surface area contributed by atoms with Crippen LogP contribution in [0.2, 0.25) is 0 Å². The minimum Gasteiger partial charge on any atom is -0.380 e. The molecule has 1 N–H and O–H groups in total. The van der Waals surface area contributed by atoms with E-state index in [9.17, 15) is 9.90 Å². The van der Waals surface area contributed by atoms with Gasteiger partial charge in [-0.3, -0.25) is 4.79 Å². The number of piperidine rings is 1. The standard InChI is InChI=1S/C26H33NO4/c1-23(2)18-25(30-15-16-31-25)19-24(3,4)27(23)22(28)17-26(29,20-11-7-5-8-12-20)21-13-9-6-10-14-21/h5-14,29H,15-19H2,1-4H3. The summed E-state index contributed by atoms with van der Waals surface area (Å²) in [5.41, 5.74) is -0.974. The van der Waals surface area contributed by atoms with Gasteiger partial charge >= 0.3 is 0 Å². The summed E-state index contributed by atoms with van der Waals surface area (Å²) in [4.78, 5) is 15.8. The molecule has 0 radical (unpaired) electrons. The summed E-state index contributed by atoms with van der Waals surface area (Å²) in [5.74, 6) is -0.725. The SMILES string of the molecule is CC1(C)CC2(CC(C)(C)N1C(=O)CC(O)(c1ccccc1)c1ccccc1)OCCO2. The van der Waals surface area contributed by atoms with E-state index in [0.29, 0.717) is 37.2 Å². The number of ether oxygens (including phenoxy) is 2. The zero-order valence-electron chi connectivity index (χ0n) is 18.9. The van der Waals surface area contributed by atoms with E-state index >= 15 is 0 Å². The Morgan fingerprint density at radius 3 is 1.71 bits per heavy atom. The number of hydrogen-bond acceptors (Lipinski definition) is 4. The van der Waals surface area contributed by atoms with Crippen LogP contribution < -0.4 is 0 Å². The van der Waals surface area contributed by atoms with Crippen LogP contribution in [0.15, 0.2) is 60.7 Å². The van der Waals surface area contributed by atoms with Gasteiger partial charge in [-0.15, -0.1) is 0 Å². The number of benzene rings is 2. The summed E-state index contributed by atoms with van der Waals surface area (Å²) in [6, 6.07) is 18.9. The fourth-order valence-electron chi connectivity index (χ4n) is 5.83. The van der Waals surface area contributed by atoms with Crippen molar-refractivity contribution in [3.8, 4) is 0 Å². The number of hydrogen-bond donors (Lipinski definition) is 1. The van der Waals surface area contributed by atoms with Crippen molar-refractivity contribution in [2.24, 2.45) is 0 Å². The van der Waals surface area contributed by atoms with Crippen molar-refractivity contribution in [2.45, 2.75) is 69.4 Å². The van der Waals surface area contributed by atoms with Gasteiger partial charge in [-0.1, -0.05) is 60.7 Å². The molecule has 2 aliphatic rings. The normalized spacial score (nSPS) is 21.9. The van der Waals surface area contributed by atoms with Crippen molar-refractivity contribution >= 4 is 5.91 Å². The van der Waals surface area contributed by atoms with Crippen LogP contribution in [0.5, 0.6) is 0 Å². The summed E-state index contributed by atoms with van der Waals surface area (Å²) in [6.45, 7) is 9.40. The maximum absolute atomic E-state index is 13.9. The quantitative estimate of drug-likeness (QED) is 0.799. The fourth-order valence-corrected chi connectivity index (χ4v) is 5.83. The lowest BCUT2D eigenvalue weighted by Gasteiger charge is -2.58. The molecule has 5 nitrogen and oxygen atoms in total. The van der Waals surface area contributed by atoms with E-state index in [1.54, 1.807) is 0 Å². The first-order valence-electron chi connectivity index (χ1n) is 11.0. The molecule has 2 aliphatic heterocycles. The van der Waals surface area contributed by atoms with Gasteiger partial charge in [-0.2, -0.15) is 0 Å². The molecule has 2 aromatic rings. The lowest BCUT2D eigenvalue weighted by atomic mass is 9.74. The smallest absolute Gasteiger partial charge is 0.227 e. The van der Waals surface area contributed by atoms with E-state index in [1.807, 2.05) is 65.6 Å². The molecular formula is C26H33NO4. The number of carbonyl (C=O) groups is 1. The molecule has 0 atom stereocenters. The van der Waals surface area contributed by atoms with Gasteiger partial charge in [0.15, 0.2) is 5.79 Å². The molecule has 166 valence electrons. The average Bonchev–Trinajstić information content (AvgIpc) is 3.13. The predicted molar refractivity (Wildman–Crippen MR) is 119 cm³/mol. The van der Waals surface area contributed by atoms with E-state index in [0.717, 1.165) is 0 Å². The number of nitrogens with zero attached hydrogens (tertiary/aromatic N) is 1. The summed E-state index contributed by atoms with van der Waals surface area (Å²) < 4.78 is 12.0. The second-order valence-electron chi connectivity index (χ2n) is 10.1. The van der Waals surface area contributed by atoms with Crippen molar-refractivity contribution in [2.75, 3.05) is 13.2 Å². The maximum atomic E-state index is 13.9. The van der Waals surface area contributed by atoms with Gasteiger partial charge in [0.05, 0.1) is 19.6 Å². The third kappa shape index (κ3) is 4.02. The number of rotatable bonds is 4. The third-order valence-electron chi connectivity index (χ3n) is 6.59. The minimum atomic E-state index is -1.42. The third-order valence-corrected chi connectivity index (χ3v) is 6.59. The zero-order valence-corrected chi connectivity index (χ0v) is 18.9. The molecule has 31 heavy (non-hydrogen) atoms. The molecule has 2 saturated heterocycles. The molecule has 5 heteroatoms. The van der Waals surface area contributed by atoms with Crippen LogP contribution in [0.1, 0.15) is 58.1 Å². The van der Waals surface area contributed by atoms with Gasteiger partial charge in [0, 0.05) is 23.9 Å². The zero-order chi connectivity index (χ0) is 22.3. The summed E-state index contributed by atoms with van der Waals surface area (Å²) in [7, 11) is 0. The Morgan fingerprint density at radius 2 is 1.29 bits per heavy atom. The Hall–Kier alpha value is -2.21. The van der Waals surface area contributed by atoms with Crippen LogP contribution in [-0.4, -0.2) is 46.0 Å². The summed E-state index contributed by atoms with van der Waals surface area (Å²) in [6.07, 6.45) is 1.16. The first-order valence-corrected chi connectivity index (χ1v) is 11.0. The van der Waals surface area contributed by atoms with Gasteiger partial charge in [0.1, 0.15) is 5.60 Å². The summed E-state index contributed by atoms with van der Waals surface area (Å²) >= 11 is 0. The Labute approximate surface area is 185 Å². The van der Waals surface area contributed by atoms with Crippen LogP contribution in [0, 0.1) is 0 Å².